The van der Waals surface area contributed by atoms with Crippen molar-refractivity contribution in [1.82, 2.24) is 35.8 Å². The summed E-state index contributed by atoms with van der Waals surface area (Å²) < 4.78 is 0. The van der Waals surface area contributed by atoms with Gasteiger partial charge >= 0.3 is 0 Å². The molecule has 8 N–H and O–H groups in total. The number of nitrogen functional groups attached to an aromatic ring is 1. The molecule has 2 aliphatic heterocycles. The highest BCUT2D eigenvalue weighted by molar-refractivity contribution is 7.99. The van der Waals surface area contributed by atoms with Crippen LogP contribution in [0.1, 0.15) is 161 Å². The number of aliphatic hydroxyl groups excluding tert-OH is 1. The van der Waals surface area contributed by atoms with Gasteiger partial charge in [-0.3, -0.25) is 19.2 Å². The molecule has 19 heteroatoms. The zero-order valence-electron chi connectivity index (χ0n) is 45.3. The van der Waals surface area contributed by atoms with Gasteiger partial charge in [-0.15, -0.1) is 11.3 Å². The predicted molar refractivity (Wildman–Crippen MR) is 309 cm³/mol. The molecule has 4 atom stereocenters. The number of carbonyl (C=O) groups excluding carboxylic acids is 4. The van der Waals surface area contributed by atoms with Gasteiger partial charge < -0.3 is 42.3 Å². The molecule has 4 aromatic rings. The van der Waals surface area contributed by atoms with Crippen molar-refractivity contribution in [2.45, 2.75) is 184 Å². The standard InChI is InChI=1S/C57H82Cl2N10O5S2/c1-38(40-23-25-41(26-24-40)50-39(2)64-37-75-50)65-53(73)44-33-42(70)35-69(44)55(74)51(56(3,4)5)67-48(72)22-14-11-9-7-6-8-10-12-17-30-62-47(71)21-15-13-16-27-57(36-60)28-31-68(32-29-57)46-34-63-54(52(61)66-46)76-45-20-18-19-43(58)49(45)59/h18-20,23-26,34,37-38,42,44,51,70H,6-17,21-22,27-33,35-36,60H2,1-5H3,(H2,61,66)(H,62,71)(H,65,73)(H,67,72)/t38-,42+,44-,51+/m0/s1. The maximum absolute atomic E-state index is 14.1. The molecule has 0 unspecified atom stereocenters. The number of aromatic nitrogens is 3. The zero-order chi connectivity index (χ0) is 54.8. The lowest BCUT2D eigenvalue weighted by molar-refractivity contribution is -0.144. The van der Waals surface area contributed by atoms with Gasteiger partial charge in [0, 0.05) is 50.3 Å². The van der Waals surface area contributed by atoms with Crippen LogP contribution < -0.4 is 32.3 Å². The van der Waals surface area contributed by atoms with Crippen LogP contribution in [0.3, 0.4) is 0 Å². The quantitative estimate of drug-likeness (QED) is 0.0293. The first-order chi connectivity index (χ1) is 36.4. The van der Waals surface area contributed by atoms with Crippen LogP contribution in [0.25, 0.3) is 10.4 Å². The fourth-order valence-electron chi connectivity index (χ4n) is 10.2. The van der Waals surface area contributed by atoms with E-state index in [0.29, 0.717) is 46.8 Å². The van der Waals surface area contributed by atoms with Gasteiger partial charge in [-0.2, -0.15) is 0 Å². The summed E-state index contributed by atoms with van der Waals surface area (Å²) in [5, 5.41) is 21.3. The molecule has 0 bridgehead atoms. The Hall–Kier alpha value is -4.52. The lowest BCUT2D eigenvalue weighted by Crippen LogP contribution is -2.57. The number of amides is 4. The van der Waals surface area contributed by atoms with Crippen LogP contribution in [-0.2, 0) is 19.2 Å². The van der Waals surface area contributed by atoms with Crippen molar-refractivity contribution in [2.75, 3.05) is 43.4 Å². The first kappa shape index (κ1) is 60.7. The van der Waals surface area contributed by atoms with Crippen molar-refractivity contribution in [1.29, 1.82) is 0 Å². The predicted octanol–water partition coefficient (Wildman–Crippen LogP) is 10.8. The van der Waals surface area contributed by atoms with Crippen LogP contribution >= 0.6 is 46.3 Å². The Morgan fingerprint density at radius 3 is 2.16 bits per heavy atom. The number of nitrogens with one attached hydrogen (secondary N) is 3. The van der Waals surface area contributed by atoms with Gasteiger partial charge in [0.1, 0.15) is 22.9 Å². The minimum atomic E-state index is -0.848. The number of nitrogens with two attached hydrogens (primary N) is 2. The maximum atomic E-state index is 14.1. The Morgan fingerprint density at radius 1 is 0.882 bits per heavy atom. The van der Waals surface area contributed by atoms with Crippen molar-refractivity contribution in [3.05, 3.63) is 75.5 Å². The molecule has 2 saturated heterocycles. The molecule has 15 nitrogen and oxygen atoms in total. The van der Waals surface area contributed by atoms with Crippen LogP contribution in [0.2, 0.25) is 10.0 Å². The summed E-state index contributed by atoms with van der Waals surface area (Å²) in [5.41, 5.74) is 16.9. The van der Waals surface area contributed by atoms with E-state index in [0.717, 1.165) is 142 Å². The van der Waals surface area contributed by atoms with E-state index in [-0.39, 0.29) is 48.1 Å². The number of anilines is 2. The molecule has 2 aliphatic rings. The van der Waals surface area contributed by atoms with Crippen LogP contribution in [0.4, 0.5) is 11.6 Å². The number of benzene rings is 2. The molecule has 4 amide bonds. The summed E-state index contributed by atoms with van der Waals surface area (Å²) in [6, 6.07) is 11.5. The number of hydrogen-bond donors (Lipinski definition) is 6. The number of halogens is 2. The molecule has 0 aliphatic carbocycles. The van der Waals surface area contributed by atoms with Crippen molar-refractivity contribution in [3.63, 3.8) is 0 Å². The normalized spacial score (nSPS) is 17.3. The van der Waals surface area contributed by atoms with E-state index >= 15 is 0 Å². The van der Waals surface area contributed by atoms with Crippen molar-refractivity contribution in [3.8, 4) is 10.4 Å². The number of likely N-dealkylation sites (tertiary alicyclic amines) is 1. The van der Waals surface area contributed by atoms with E-state index in [4.69, 9.17) is 34.7 Å². The average molecular weight is 1120 g/mol. The van der Waals surface area contributed by atoms with Crippen LogP contribution in [0.5, 0.6) is 0 Å². The van der Waals surface area contributed by atoms with Gasteiger partial charge in [0.15, 0.2) is 5.82 Å². The van der Waals surface area contributed by atoms with E-state index < -0.39 is 23.6 Å². The van der Waals surface area contributed by atoms with Gasteiger partial charge in [-0.25, -0.2) is 15.0 Å². The molecule has 0 spiro atoms. The Labute approximate surface area is 469 Å². The number of nitrogens with zero attached hydrogens (tertiary/aromatic N) is 5. The monoisotopic (exact) mass is 1120 g/mol. The molecule has 2 aromatic heterocycles. The number of β-amino-alcohol motifs (C(OH)–C–C–N with tert-alkyl or cyclic N) is 1. The number of aliphatic hydroxyl groups is 1. The summed E-state index contributed by atoms with van der Waals surface area (Å²) in [7, 11) is 0. The number of rotatable bonds is 28. The fraction of sp³-hybridized carbons (Fsp3) is 0.596. The molecule has 0 radical (unpaired) electrons. The Balaban J connectivity index is 0.771. The molecule has 2 fully saturated rings. The molecule has 2 aromatic carbocycles. The summed E-state index contributed by atoms with van der Waals surface area (Å²) in [6.45, 7) is 12.6. The van der Waals surface area contributed by atoms with E-state index in [1.54, 1.807) is 23.6 Å². The topological polar surface area (TPSA) is 222 Å². The van der Waals surface area contributed by atoms with Gasteiger partial charge in [-0.05, 0) is 93.0 Å². The van der Waals surface area contributed by atoms with Gasteiger partial charge in [0.05, 0.1) is 44.5 Å². The summed E-state index contributed by atoms with van der Waals surface area (Å²) in [6.07, 6.45) is 17.1. The highest BCUT2D eigenvalue weighted by atomic mass is 35.5. The second kappa shape index (κ2) is 29.5. The Kier molecular flexibility index (Phi) is 23.5. The van der Waals surface area contributed by atoms with Gasteiger partial charge in [0.25, 0.3) is 0 Å². The lowest BCUT2D eigenvalue weighted by atomic mass is 9.74. The minimum Gasteiger partial charge on any atom is -0.391 e. The van der Waals surface area contributed by atoms with E-state index in [1.807, 2.05) is 76.5 Å². The number of aryl methyl sites for hydroxylation is 1. The van der Waals surface area contributed by atoms with Crippen molar-refractivity contribution in [2.24, 2.45) is 16.6 Å². The number of unbranched alkanes of at least 4 members (excludes halogenated alkanes) is 10. The van der Waals surface area contributed by atoms with Gasteiger partial charge in [0.2, 0.25) is 23.6 Å². The highest BCUT2D eigenvalue weighted by Gasteiger charge is 2.45. The summed E-state index contributed by atoms with van der Waals surface area (Å²) in [5.74, 6) is 0.375. The van der Waals surface area contributed by atoms with Crippen LogP contribution in [-0.4, -0.2) is 99.5 Å². The first-order valence-corrected chi connectivity index (χ1v) is 29.9. The fourth-order valence-corrected chi connectivity index (χ4v) is 12.3. The highest BCUT2D eigenvalue weighted by Crippen LogP contribution is 2.40. The summed E-state index contributed by atoms with van der Waals surface area (Å²) >= 11 is 15.5. The smallest absolute Gasteiger partial charge is 0.246 e. The van der Waals surface area contributed by atoms with Gasteiger partial charge in [-0.1, -0.05) is 144 Å². The lowest BCUT2D eigenvalue weighted by Gasteiger charge is -2.42. The molecule has 76 heavy (non-hydrogen) atoms. The second-order valence-electron chi connectivity index (χ2n) is 22.0. The van der Waals surface area contributed by atoms with E-state index in [2.05, 4.69) is 35.8 Å². The summed E-state index contributed by atoms with van der Waals surface area (Å²) in [4.78, 5) is 72.7. The Bertz CT molecular complexity index is 2520. The molecule has 6 rings (SSSR count). The van der Waals surface area contributed by atoms with Crippen molar-refractivity contribution >= 4 is 81.6 Å². The second-order valence-corrected chi connectivity index (χ2v) is 24.7. The third-order valence-corrected chi connectivity index (χ3v) is 18.0. The van der Waals surface area contributed by atoms with E-state index in [9.17, 15) is 24.3 Å². The number of piperidine rings is 1. The van der Waals surface area contributed by atoms with Crippen LogP contribution in [0, 0.1) is 17.8 Å². The molecule has 416 valence electrons. The Morgan fingerprint density at radius 2 is 1.53 bits per heavy atom. The average Bonchev–Trinajstić information content (AvgIpc) is 4.02. The first-order valence-electron chi connectivity index (χ1n) is 27.4. The number of carbonyl (C=O) groups is 4. The molecular weight excluding hydrogens is 1040 g/mol. The molecule has 0 saturated carbocycles. The SMILES string of the molecule is Cc1ncsc1-c1ccc([C@H](C)NC(=O)[C@@H]2C[C@@H](O)CN2C(=O)[C@@H](NC(=O)CCCCCCCCCCCNC(=O)CCCCCC2(CN)CCN(c3cnc(Sc4cccc(Cl)c4Cl)c(N)n3)CC2)C(C)(C)C)cc1. The molecular formula is C57H82Cl2N10O5S2. The maximum Gasteiger partial charge on any atom is 0.246 e. The van der Waals surface area contributed by atoms with E-state index in [1.165, 1.54) is 16.7 Å². The third kappa shape index (κ3) is 17.8. The zero-order valence-corrected chi connectivity index (χ0v) is 48.5. The largest absolute Gasteiger partial charge is 0.391 e. The number of hydrogen-bond acceptors (Lipinski definition) is 13. The minimum absolute atomic E-state index is 0.0326. The molecule has 4 heterocycles. The van der Waals surface area contributed by atoms with Crippen molar-refractivity contribution < 1.29 is 24.3 Å². The third-order valence-electron chi connectivity index (χ3n) is 15.0. The van der Waals surface area contributed by atoms with Crippen LogP contribution in [0.15, 0.2) is 64.1 Å². The number of thiazole rings is 1.